The first-order valence-electron chi connectivity index (χ1n) is 2.80. The monoisotopic (exact) mass is 142 g/mol. The molecule has 0 saturated carbocycles. The van der Waals surface area contributed by atoms with Gasteiger partial charge in [-0.05, 0) is 18.4 Å². The number of hydrogen-bond donors (Lipinski definition) is 2. The van der Waals surface area contributed by atoms with Crippen molar-refractivity contribution in [1.82, 2.24) is 0 Å². The molecule has 0 aliphatic heterocycles. The van der Waals surface area contributed by atoms with Crippen LogP contribution in [0.2, 0.25) is 0 Å². The fraction of sp³-hybridized carbons (Fsp3) is 0.333. The Morgan fingerprint density at radius 1 is 1.67 bits per heavy atom. The third kappa shape index (κ3) is 1.23. The summed E-state index contributed by atoms with van der Waals surface area (Å²) in [4.78, 5) is 0. The van der Waals surface area contributed by atoms with E-state index in [1.54, 1.807) is 0 Å². The van der Waals surface area contributed by atoms with Crippen LogP contribution < -0.4 is 11.5 Å². The van der Waals surface area contributed by atoms with Crippen molar-refractivity contribution in [2.75, 3.05) is 5.73 Å². The molecule has 0 unspecified atom stereocenters. The Balaban J connectivity index is 2.94. The van der Waals surface area contributed by atoms with Gasteiger partial charge in [0.15, 0.2) is 0 Å². The molecule has 9 heavy (non-hydrogen) atoms. The second kappa shape index (κ2) is 2.37. The van der Waals surface area contributed by atoms with Gasteiger partial charge in [0.05, 0.1) is 5.00 Å². The molecule has 1 aromatic rings. The van der Waals surface area contributed by atoms with E-state index in [1.807, 2.05) is 18.4 Å². The average Bonchev–Trinajstić information content (AvgIpc) is 2.13. The zero-order chi connectivity index (χ0) is 6.85. The highest BCUT2D eigenvalue weighted by atomic mass is 32.1. The van der Waals surface area contributed by atoms with Gasteiger partial charge in [0.1, 0.15) is 0 Å². The number of nitrogens with two attached hydrogens (primary N) is 2. The SMILES string of the molecule is C[C@@H](N)c1ccsc1N. The molecule has 0 aromatic carbocycles. The normalized spacial score (nSPS) is 13.6. The summed E-state index contributed by atoms with van der Waals surface area (Å²) in [6.45, 7) is 1.93. The number of anilines is 1. The lowest BCUT2D eigenvalue weighted by atomic mass is 10.2. The molecule has 1 atom stereocenters. The van der Waals surface area contributed by atoms with Crippen LogP contribution in [0.1, 0.15) is 18.5 Å². The molecule has 50 valence electrons. The zero-order valence-electron chi connectivity index (χ0n) is 5.29. The van der Waals surface area contributed by atoms with Crippen molar-refractivity contribution < 1.29 is 0 Å². The van der Waals surface area contributed by atoms with E-state index in [2.05, 4.69) is 0 Å². The molecule has 3 heteroatoms. The van der Waals surface area contributed by atoms with E-state index in [-0.39, 0.29) is 6.04 Å². The molecular weight excluding hydrogens is 132 g/mol. The third-order valence-electron chi connectivity index (χ3n) is 1.22. The summed E-state index contributed by atoms with van der Waals surface area (Å²) in [5, 5.41) is 2.79. The summed E-state index contributed by atoms with van der Waals surface area (Å²) in [6.07, 6.45) is 0. The molecule has 0 saturated heterocycles. The first-order valence-corrected chi connectivity index (χ1v) is 3.68. The molecule has 0 bridgehead atoms. The van der Waals surface area contributed by atoms with Crippen LogP contribution in [0.15, 0.2) is 11.4 Å². The van der Waals surface area contributed by atoms with Gasteiger partial charge < -0.3 is 11.5 Å². The van der Waals surface area contributed by atoms with Gasteiger partial charge in [0.25, 0.3) is 0 Å². The van der Waals surface area contributed by atoms with Crippen LogP contribution in [-0.2, 0) is 0 Å². The van der Waals surface area contributed by atoms with Gasteiger partial charge >= 0.3 is 0 Å². The lowest BCUT2D eigenvalue weighted by Gasteiger charge is -2.01. The summed E-state index contributed by atoms with van der Waals surface area (Å²) >= 11 is 1.53. The molecule has 4 N–H and O–H groups in total. The standard InChI is InChI=1S/C6H10N2S/c1-4(7)5-2-3-9-6(5)8/h2-4H,7-8H2,1H3/t4-/m1/s1. The van der Waals surface area contributed by atoms with Crippen LogP contribution in [0.25, 0.3) is 0 Å². The van der Waals surface area contributed by atoms with E-state index in [0.717, 1.165) is 10.6 Å². The largest absolute Gasteiger partial charge is 0.390 e. The van der Waals surface area contributed by atoms with Crippen molar-refractivity contribution in [3.05, 3.63) is 17.0 Å². The Morgan fingerprint density at radius 2 is 2.33 bits per heavy atom. The molecule has 0 spiro atoms. The van der Waals surface area contributed by atoms with Crippen molar-refractivity contribution in [2.24, 2.45) is 5.73 Å². The zero-order valence-corrected chi connectivity index (χ0v) is 6.11. The number of nitrogen functional groups attached to an aromatic ring is 1. The van der Waals surface area contributed by atoms with E-state index in [1.165, 1.54) is 11.3 Å². The topological polar surface area (TPSA) is 52.0 Å². The molecule has 0 radical (unpaired) electrons. The molecule has 0 fully saturated rings. The Labute approximate surface area is 58.5 Å². The lowest BCUT2D eigenvalue weighted by Crippen LogP contribution is -2.05. The third-order valence-corrected chi connectivity index (χ3v) is 1.98. The molecule has 1 rings (SSSR count). The van der Waals surface area contributed by atoms with E-state index in [0.29, 0.717) is 0 Å². The van der Waals surface area contributed by atoms with E-state index >= 15 is 0 Å². The fourth-order valence-corrected chi connectivity index (χ4v) is 1.46. The van der Waals surface area contributed by atoms with Crippen LogP contribution in [0.4, 0.5) is 5.00 Å². The fourth-order valence-electron chi connectivity index (χ4n) is 0.707. The van der Waals surface area contributed by atoms with Crippen LogP contribution >= 0.6 is 11.3 Å². The summed E-state index contributed by atoms with van der Waals surface area (Å²) in [6, 6.07) is 2.03. The smallest absolute Gasteiger partial charge is 0.0904 e. The first kappa shape index (κ1) is 6.58. The van der Waals surface area contributed by atoms with Crippen molar-refractivity contribution in [2.45, 2.75) is 13.0 Å². The maximum atomic E-state index is 5.59. The quantitative estimate of drug-likeness (QED) is 0.622. The van der Waals surface area contributed by atoms with Gasteiger partial charge in [0, 0.05) is 11.6 Å². The molecular formula is C6H10N2S. The van der Waals surface area contributed by atoms with Crippen molar-refractivity contribution in [1.29, 1.82) is 0 Å². The van der Waals surface area contributed by atoms with Gasteiger partial charge in [-0.1, -0.05) is 0 Å². The van der Waals surface area contributed by atoms with Gasteiger partial charge in [-0.25, -0.2) is 0 Å². The lowest BCUT2D eigenvalue weighted by molar-refractivity contribution is 0.825. The van der Waals surface area contributed by atoms with Gasteiger partial charge in [-0.2, -0.15) is 0 Å². The van der Waals surface area contributed by atoms with Crippen LogP contribution in [0, 0.1) is 0 Å². The number of thiophene rings is 1. The van der Waals surface area contributed by atoms with Gasteiger partial charge in [-0.3, -0.25) is 0 Å². The second-order valence-electron chi connectivity index (χ2n) is 2.03. The minimum Gasteiger partial charge on any atom is -0.390 e. The average molecular weight is 142 g/mol. The maximum Gasteiger partial charge on any atom is 0.0904 e. The highest BCUT2D eigenvalue weighted by Crippen LogP contribution is 2.23. The molecule has 1 heterocycles. The van der Waals surface area contributed by atoms with Crippen LogP contribution in [0.3, 0.4) is 0 Å². The summed E-state index contributed by atoms with van der Waals surface area (Å²) in [5.41, 5.74) is 12.2. The molecule has 0 aliphatic carbocycles. The minimum atomic E-state index is 0.0660. The molecule has 0 amide bonds. The van der Waals surface area contributed by atoms with Crippen LogP contribution in [-0.4, -0.2) is 0 Å². The molecule has 1 aromatic heterocycles. The van der Waals surface area contributed by atoms with Crippen molar-refractivity contribution in [3.8, 4) is 0 Å². The minimum absolute atomic E-state index is 0.0660. The highest BCUT2D eigenvalue weighted by molar-refractivity contribution is 7.14. The first-order chi connectivity index (χ1) is 4.22. The highest BCUT2D eigenvalue weighted by Gasteiger charge is 2.03. The van der Waals surface area contributed by atoms with Gasteiger partial charge in [0.2, 0.25) is 0 Å². The predicted octanol–water partition coefficient (Wildman–Crippen LogP) is 1.35. The van der Waals surface area contributed by atoms with Crippen molar-refractivity contribution in [3.63, 3.8) is 0 Å². The van der Waals surface area contributed by atoms with Crippen LogP contribution in [0.5, 0.6) is 0 Å². The Morgan fingerprint density at radius 3 is 2.56 bits per heavy atom. The summed E-state index contributed by atoms with van der Waals surface area (Å²) < 4.78 is 0. The second-order valence-corrected chi connectivity index (χ2v) is 2.98. The Kier molecular flexibility index (Phi) is 1.73. The number of rotatable bonds is 1. The Hall–Kier alpha value is -0.540. The van der Waals surface area contributed by atoms with Gasteiger partial charge in [-0.15, -0.1) is 11.3 Å². The summed E-state index contributed by atoms with van der Waals surface area (Å²) in [7, 11) is 0. The van der Waals surface area contributed by atoms with E-state index < -0.39 is 0 Å². The van der Waals surface area contributed by atoms with Crippen molar-refractivity contribution >= 4 is 16.3 Å². The Bertz CT molecular complexity index is 193. The number of hydrogen-bond acceptors (Lipinski definition) is 3. The molecule has 0 aliphatic rings. The molecule has 2 nitrogen and oxygen atoms in total. The summed E-state index contributed by atoms with van der Waals surface area (Å²) in [5.74, 6) is 0. The maximum absolute atomic E-state index is 5.59. The van der Waals surface area contributed by atoms with E-state index in [4.69, 9.17) is 11.5 Å². The predicted molar refractivity (Wildman–Crippen MR) is 41.3 cm³/mol. The van der Waals surface area contributed by atoms with E-state index in [9.17, 15) is 0 Å².